The molecule has 1 fully saturated rings. The number of aromatic nitrogens is 1. The zero-order chi connectivity index (χ0) is 21.3. The summed E-state index contributed by atoms with van der Waals surface area (Å²) < 4.78 is 38.2. The van der Waals surface area contributed by atoms with E-state index in [2.05, 4.69) is 24.1 Å². The molecule has 28 heavy (non-hydrogen) atoms. The minimum Gasteiger partial charge on any atom is -0.483 e. The van der Waals surface area contributed by atoms with Gasteiger partial charge < -0.3 is 16.2 Å². The number of rotatable bonds is 6. The normalized spacial score (nSPS) is 20.8. The molecule has 1 aliphatic rings. The number of nitrogens with one attached hydrogen (secondary N) is 1. The van der Waals surface area contributed by atoms with Crippen LogP contribution in [0.2, 0.25) is 0 Å². The summed E-state index contributed by atoms with van der Waals surface area (Å²) in [5.74, 6) is -1.15. The van der Waals surface area contributed by atoms with Gasteiger partial charge in [0.25, 0.3) is 6.47 Å². The van der Waals surface area contributed by atoms with Crippen molar-refractivity contribution in [3.8, 4) is 0 Å². The number of hydrogen-bond acceptors (Lipinski definition) is 4. The average Bonchev–Trinajstić information content (AvgIpc) is 2.62. The van der Waals surface area contributed by atoms with Crippen molar-refractivity contribution in [3.63, 3.8) is 0 Å². The van der Waals surface area contributed by atoms with Crippen LogP contribution in [0.25, 0.3) is 0 Å². The Morgan fingerprint density at radius 3 is 2.29 bits per heavy atom. The van der Waals surface area contributed by atoms with Crippen LogP contribution < -0.4 is 11.1 Å². The van der Waals surface area contributed by atoms with Crippen molar-refractivity contribution in [2.24, 2.45) is 23.5 Å². The highest BCUT2D eigenvalue weighted by atomic mass is 19.4. The molecule has 1 heterocycles. The van der Waals surface area contributed by atoms with Gasteiger partial charge in [-0.15, -0.1) is 0 Å². The fourth-order valence-corrected chi connectivity index (χ4v) is 3.40. The molecule has 0 aromatic carbocycles. The fraction of sp³-hybridized carbons (Fsp3) is 0.632. The molecular weight excluding hydrogens is 375 g/mol. The lowest BCUT2D eigenvalue weighted by molar-refractivity contribution is -0.183. The maximum Gasteiger partial charge on any atom is 0.391 e. The van der Waals surface area contributed by atoms with E-state index in [4.69, 9.17) is 15.6 Å². The Morgan fingerprint density at radius 1 is 1.32 bits per heavy atom. The van der Waals surface area contributed by atoms with Gasteiger partial charge in [0.1, 0.15) is 0 Å². The van der Waals surface area contributed by atoms with Crippen LogP contribution in [-0.4, -0.2) is 35.2 Å². The maximum atomic E-state index is 12.7. The van der Waals surface area contributed by atoms with Crippen LogP contribution in [0.1, 0.15) is 61.6 Å². The molecule has 1 atom stereocenters. The van der Waals surface area contributed by atoms with Crippen molar-refractivity contribution in [2.75, 3.05) is 6.54 Å². The molecule has 1 aromatic heterocycles. The number of hydrogen-bond donors (Lipinski definition) is 3. The van der Waals surface area contributed by atoms with E-state index in [1.165, 1.54) is 6.20 Å². The quantitative estimate of drug-likeness (QED) is 0.630. The lowest BCUT2D eigenvalue weighted by Crippen LogP contribution is -2.35. The Kier molecular flexibility index (Phi) is 9.37. The summed E-state index contributed by atoms with van der Waals surface area (Å²) in [7, 11) is 0. The summed E-state index contributed by atoms with van der Waals surface area (Å²) in [6, 6.07) is 3.41. The molecule has 1 amide bonds. The molecule has 4 N–H and O–H groups in total. The van der Waals surface area contributed by atoms with Crippen LogP contribution in [0.4, 0.5) is 13.2 Å². The van der Waals surface area contributed by atoms with Crippen molar-refractivity contribution < 1.29 is 27.9 Å². The summed E-state index contributed by atoms with van der Waals surface area (Å²) in [5.41, 5.74) is 6.39. The third kappa shape index (κ3) is 7.46. The average molecular weight is 403 g/mol. The molecular formula is C19H28F3N3O3. The van der Waals surface area contributed by atoms with Gasteiger partial charge in [0, 0.05) is 6.20 Å². The van der Waals surface area contributed by atoms with E-state index in [1.807, 2.05) is 0 Å². The molecule has 0 bridgehead atoms. The molecule has 1 saturated carbocycles. The second kappa shape index (κ2) is 11.0. The number of pyridine rings is 1. The van der Waals surface area contributed by atoms with Crippen LogP contribution in [0.5, 0.6) is 0 Å². The van der Waals surface area contributed by atoms with Gasteiger partial charge in [-0.2, -0.15) is 13.2 Å². The summed E-state index contributed by atoms with van der Waals surface area (Å²) >= 11 is 0. The Hall–Kier alpha value is -2.16. The number of carbonyl (C=O) groups is 2. The van der Waals surface area contributed by atoms with E-state index < -0.39 is 18.0 Å². The summed E-state index contributed by atoms with van der Waals surface area (Å²) in [4.78, 5) is 23.8. The standard InChI is InChI=1S/C18H26F3N3O.CH2O2/c1-11(2)16(15-8-5-13(10-23-15)17(22)25)24-9-12-3-6-14(7-4-12)18(19,20)21;2-1-3/h5,8,10-12,14,16,24H,3-4,6-7,9H2,1-2H3,(H2,22,25);1H,(H,2,3)/t12-,14-,16?;. The number of nitrogens with zero attached hydrogens (tertiary/aromatic N) is 1. The van der Waals surface area contributed by atoms with Gasteiger partial charge in [-0.05, 0) is 56.2 Å². The van der Waals surface area contributed by atoms with Crippen molar-refractivity contribution in [1.82, 2.24) is 10.3 Å². The highest BCUT2D eigenvalue weighted by Crippen LogP contribution is 2.39. The van der Waals surface area contributed by atoms with Crippen molar-refractivity contribution in [2.45, 2.75) is 51.7 Å². The van der Waals surface area contributed by atoms with Gasteiger partial charge >= 0.3 is 6.18 Å². The lowest BCUT2D eigenvalue weighted by Gasteiger charge is -2.31. The van der Waals surface area contributed by atoms with E-state index in [9.17, 15) is 18.0 Å². The predicted molar refractivity (Wildman–Crippen MR) is 98.5 cm³/mol. The Bertz CT molecular complexity index is 613. The molecule has 0 spiro atoms. The SMILES string of the molecule is CC(C)C(NC[C@H]1CC[C@H](C(F)(F)F)CC1)c1ccc(C(N)=O)cn1.O=CO. The number of alkyl halides is 3. The zero-order valence-electron chi connectivity index (χ0n) is 16.1. The van der Waals surface area contributed by atoms with Crippen LogP contribution in [0.15, 0.2) is 18.3 Å². The van der Waals surface area contributed by atoms with Gasteiger partial charge in [0.05, 0.1) is 23.2 Å². The number of carboxylic acid groups (broad SMARTS) is 1. The van der Waals surface area contributed by atoms with Gasteiger partial charge in [-0.1, -0.05) is 13.8 Å². The molecule has 0 saturated heterocycles. The lowest BCUT2D eigenvalue weighted by atomic mass is 9.81. The zero-order valence-corrected chi connectivity index (χ0v) is 16.1. The first-order valence-corrected chi connectivity index (χ1v) is 9.23. The van der Waals surface area contributed by atoms with E-state index in [0.717, 1.165) is 5.69 Å². The number of halogens is 3. The van der Waals surface area contributed by atoms with E-state index in [1.54, 1.807) is 12.1 Å². The first-order chi connectivity index (χ1) is 13.1. The van der Waals surface area contributed by atoms with Crippen LogP contribution in [0, 0.1) is 17.8 Å². The van der Waals surface area contributed by atoms with Crippen LogP contribution in [-0.2, 0) is 4.79 Å². The first-order valence-electron chi connectivity index (χ1n) is 9.23. The third-order valence-corrected chi connectivity index (χ3v) is 4.99. The monoisotopic (exact) mass is 403 g/mol. The minimum absolute atomic E-state index is 0.0118. The number of nitrogens with two attached hydrogens (primary N) is 1. The van der Waals surface area contributed by atoms with Gasteiger partial charge in [0.15, 0.2) is 0 Å². The second-order valence-corrected chi connectivity index (χ2v) is 7.33. The predicted octanol–water partition coefficient (Wildman–Crippen LogP) is 3.54. The molecule has 9 heteroatoms. The number of amides is 1. The number of primary amides is 1. The molecule has 2 rings (SSSR count). The van der Waals surface area contributed by atoms with Crippen LogP contribution >= 0.6 is 0 Å². The van der Waals surface area contributed by atoms with Crippen LogP contribution in [0.3, 0.4) is 0 Å². The van der Waals surface area contributed by atoms with Gasteiger partial charge in [0.2, 0.25) is 5.91 Å². The third-order valence-electron chi connectivity index (χ3n) is 4.99. The Morgan fingerprint density at radius 2 is 1.89 bits per heavy atom. The Balaban J connectivity index is 0.00000122. The second-order valence-electron chi connectivity index (χ2n) is 7.33. The molecule has 1 aromatic rings. The van der Waals surface area contributed by atoms with E-state index in [-0.39, 0.29) is 37.2 Å². The van der Waals surface area contributed by atoms with Crippen molar-refractivity contribution in [3.05, 3.63) is 29.6 Å². The molecule has 6 nitrogen and oxygen atoms in total. The minimum atomic E-state index is -4.06. The van der Waals surface area contributed by atoms with Crippen molar-refractivity contribution in [1.29, 1.82) is 0 Å². The number of carbonyl (C=O) groups excluding carboxylic acids is 1. The summed E-state index contributed by atoms with van der Waals surface area (Å²) in [6.45, 7) is 4.54. The first kappa shape index (κ1) is 23.9. The Labute approximate surface area is 162 Å². The van der Waals surface area contributed by atoms with Gasteiger partial charge in [-0.3, -0.25) is 14.6 Å². The topological polar surface area (TPSA) is 105 Å². The molecule has 1 aliphatic carbocycles. The summed E-state index contributed by atoms with van der Waals surface area (Å²) in [5, 5.41) is 10.3. The molecule has 0 aliphatic heterocycles. The fourth-order valence-electron chi connectivity index (χ4n) is 3.40. The van der Waals surface area contributed by atoms with E-state index in [0.29, 0.717) is 24.9 Å². The molecule has 0 radical (unpaired) electrons. The molecule has 158 valence electrons. The highest BCUT2D eigenvalue weighted by Gasteiger charge is 2.41. The highest BCUT2D eigenvalue weighted by molar-refractivity contribution is 5.92. The van der Waals surface area contributed by atoms with E-state index >= 15 is 0 Å². The van der Waals surface area contributed by atoms with Gasteiger partial charge in [-0.25, -0.2) is 0 Å². The maximum absolute atomic E-state index is 12.7. The smallest absolute Gasteiger partial charge is 0.391 e. The summed E-state index contributed by atoms with van der Waals surface area (Å²) in [6.07, 6.45) is -0.984. The largest absolute Gasteiger partial charge is 0.483 e. The van der Waals surface area contributed by atoms with Crippen molar-refractivity contribution >= 4 is 12.4 Å². The molecule has 1 unspecified atom stereocenters.